The lowest BCUT2D eigenvalue weighted by Gasteiger charge is -2.15. The molecule has 7 nitrogen and oxygen atoms in total. The fourth-order valence-corrected chi connectivity index (χ4v) is 3.34. The number of nitrogens with one attached hydrogen (secondary N) is 1. The Kier molecular flexibility index (Phi) is 9.62. The molecule has 0 amide bonds. The van der Waals surface area contributed by atoms with Gasteiger partial charge in [0.05, 0.1) is 24.3 Å². The summed E-state index contributed by atoms with van der Waals surface area (Å²) < 4.78 is 30.8. The number of halogens is 1. The van der Waals surface area contributed by atoms with Crippen LogP contribution < -0.4 is 14.8 Å². The van der Waals surface area contributed by atoms with E-state index in [9.17, 15) is 9.18 Å². The normalized spacial score (nSPS) is 10.6. The lowest BCUT2D eigenvalue weighted by atomic mass is 10.1. The largest absolute Gasteiger partial charge is 0.490 e. The third-order valence-electron chi connectivity index (χ3n) is 5.10. The Balaban J connectivity index is 1.83. The zero-order valence-corrected chi connectivity index (χ0v) is 19.2. The van der Waals surface area contributed by atoms with Crippen molar-refractivity contribution >= 4 is 28.7 Å². The molecule has 8 heteroatoms. The van der Waals surface area contributed by atoms with Crippen LogP contribution in [0.5, 0.6) is 11.5 Å². The molecule has 0 radical (unpaired) electrons. The molecular weight excluding hydrogens is 437 g/mol. The van der Waals surface area contributed by atoms with Crippen molar-refractivity contribution in [3.8, 4) is 23.8 Å². The van der Waals surface area contributed by atoms with Crippen LogP contribution in [0.3, 0.4) is 0 Å². The fraction of sp³-hybridized carbons (Fsp3) is 0.346. The molecule has 0 aliphatic heterocycles. The van der Waals surface area contributed by atoms with Crippen molar-refractivity contribution in [3.05, 3.63) is 48.0 Å². The molecule has 0 saturated carbocycles. The molecule has 0 aliphatic rings. The Hall–Kier alpha value is -3.70. The number of hydrogen-bond acceptors (Lipinski definition) is 7. The molecule has 0 atom stereocenters. The van der Waals surface area contributed by atoms with E-state index < -0.39 is 5.82 Å². The van der Waals surface area contributed by atoms with Crippen molar-refractivity contribution in [2.45, 2.75) is 32.1 Å². The van der Waals surface area contributed by atoms with Gasteiger partial charge in [0.1, 0.15) is 30.9 Å². The number of methoxy groups -OCH3 is 1. The van der Waals surface area contributed by atoms with Crippen LogP contribution in [0.2, 0.25) is 0 Å². The van der Waals surface area contributed by atoms with Crippen LogP contribution in [0, 0.1) is 18.2 Å². The number of carbonyl (C=O) groups excluding carboxylic acids is 1. The second-order valence-electron chi connectivity index (χ2n) is 7.56. The predicted octanol–water partition coefficient (Wildman–Crippen LogP) is 5.05. The Morgan fingerprint density at radius 2 is 1.82 bits per heavy atom. The molecule has 0 saturated heterocycles. The molecule has 0 spiro atoms. The summed E-state index contributed by atoms with van der Waals surface area (Å²) in [5.41, 5.74) is 1.42. The zero-order chi connectivity index (χ0) is 24.2. The van der Waals surface area contributed by atoms with Crippen molar-refractivity contribution in [1.82, 2.24) is 9.97 Å². The van der Waals surface area contributed by atoms with Gasteiger partial charge < -0.3 is 24.3 Å². The van der Waals surface area contributed by atoms with Gasteiger partial charge in [-0.25, -0.2) is 14.4 Å². The number of benzene rings is 2. The first-order valence-electron chi connectivity index (χ1n) is 11.2. The lowest BCUT2D eigenvalue weighted by molar-refractivity contribution is -0.107. The molecule has 1 heterocycles. The third-order valence-corrected chi connectivity index (χ3v) is 5.10. The molecule has 178 valence electrons. The van der Waals surface area contributed by atoms with Crippen LogP contribution in [0.4, 0.5) is 15.9 Å². The van der Waals surface area contributed by atoms with Gasteiger partial charge in [-0.05, 0) is 37.1 Å². The number of fused-ring (bicyclic) bond motifs is 1. The number of anilines is 2. The van der Waals surface area contributed by atoms with Crippen molar-refractivity contribution in [3.63, 3.8) is 0 Å². The van der Waals surface area contributed by atoms with Crippen LogP contribution in [-0.2, 0) is 9.53 Å². The standard InChI is InChI=1S/C26H28FN3O4/c1-3-19-15-20(9-10-22(19)27)30-26-21-16-24(33-12-8-6-4-5-7-11-31)25(34-14-13-32-2)17-23(21)28-18-29-26/h1,9-11,15-18H,4-8,12-14H2,2H3,(H,28,29,30). The molecule has 34 heavy (non-hydrogen) atoms. The quantitative estimate of drug-likeness (QED) is 0.203. The van der Waals surface area contributed by atoms with Crippen LogP contribution >= 0.6 is 0 Å². The van der Waals surface area contributed by atoms with Crippen molar-refractivity contribution in [1.29, 1.82) is 0 Å². The molecule has 0 fully saturated rings. The third kappa shape index (κ3) is 6.90. The highest BCUT2D eigenvalue weighted by molar-refractivity contribution is 5.93. The molecule has 0 aliphatic carbocycles. The highest BCUT2D eigenvalue weighted by atomic mass is 19.1. The van der Waals surface area contributed by atoms with E-state index in [1.165, 1.54) is 12.4 Å². The number of carbonyl (C=O) groups is 1. The Labute approximate surface area is 198 Å². The van der Waals surface area contributed by atoms with Crippen LogP contribution in [0.25, 0.3) is 10.9 Å². The van der Waals surface area contributed by atoms with E-state index in [2.05, 4.69) is 21.2 Å². The molecule has 3 rings (SSSR count). The molecule has 0 unspecified atom stereocenters. The summed E-state index contributed by atoms with van der Waals surface area (Å²) in [5, 5.41) is 3.90. The Morgan fingerprint density at radius 1 is 1.03 bits per heavy atom. The summed E-state index contributed by atoms with van der Waals surface area (Å²) in [6, 6.07) is 8.08. The van der Waals surface area contributed by atoms with Crippen molar-refractivity contribution < 1.29 is 23.4 Å². The highest BCUT2D eigenvalue weighted by Gasteiger charge is 2.13. The van der Waals surface area contributed by atoms with E-state index in [0.717, 1.165) is 32.0 Å². The van der Waals surface area contributed by atoms with E-state index in [-0.39, 0.29) is 5.56 Å². The monoisotopic (exact) mass is 465 g/mol. The van der Waals surface area contributed by atoms with E-state index in [1.54, 1.807) is 25.3 Å². The number of terminal acetylenes is 1. The van der Waals surface area contributed by atoms with Gasteiger partial charge in [0.15, 0.2) is 11.5 Å². The fourth-order valence-electron chi connectivity index (χ4n) is 3.34. The van der Waals surface area contributed by atoms with Crippen LogP contribution in [0.1, 0.15) is 37.7 Å². The van der Waals surface area contributed by atoms with Gasteiger partial charge in [-0.2, -0.15) is 0 Å². The summed E-state index contributed by atoms with van der Waals surface area (Å²) >= 11 is 0. The zero-order valence-electron chi connectivity index (χ0n) is 19.2. The molecule has 1 aromatic heterocycles. The number of nitrogens with zero attached hydrogens (tertiary/aromatic N) is 2. The number of ether oxygens (including phenoxy) is 3. The maximum absolute atomic E-state index is 13.8. The molecule has 1 N–H and O–H groups in total. The summed E-state index contributed by atoms with van der Waals surface area (Å²) in [5.74, 6) is 3.53. The lowest BCUT2D eigenvalue weighted by Crippen LogP contribution is -2.07. The molecule has 3 aromatic rings. The average Bonchev–Trinajstić information content (AvgIpc) is 2.85. The van der Waals surface area contributed by atoms with Gasteiger partial charge in [-0.3, -0.25) is 0 Å². The second-order valence-corrected chi connectivity index (χ2v) is 7.56. The second kappa shape index (κ2) is 13.1. The molecule has 0 bridgehead atoms. The van der Waals surface area contributed by atoms with Gasteiger partial charge in [0.25, 0.3) is 0 Å². The van der Waals surface area contributed by atoms with E-state index in [1.807, 2.05) is 6.07 Å². The smallest absolute Gasteiger partial charge is 0.163 e. The molecular formula is C26H28FN3O4. The van der Waals surface area contributed by atoms with Crippen LogP contribution in [-0.4, -0.2) is 43.2 Å². The minimum absolute atomic E-state index is 0.161. The SMILES string of the molecule is C#Cc1cc(Nc2ncnc3cc(OCCOC)c(OCCCCCCC=O)cc23)ccc1F. The predicted molar refractivity (Wildman–Crippen MR) is 129 cm³/mol. The summed E-state index contributed by atoms with van der Waals surface area (Å²) in [4.78, 5) is 19.1. The number of unbranched alkanes of at least 4 members (excludes halogenated alkanes) is 4. The van der Waals surface area contributed by atoms with Gasteiger partial charge in [-0.1, -0.05) is 18.8 Å². The minimum Gasteiger partial charge on any atom is -0.490 e. The molecule has 2 aromatic carbocycles. The first kappa shape index (κ1) is 24.9. The van der Waals surface area contributed by atoms with Gasteiger partial charge in [0.2, 0.25) is 0 Å². The Morgan fingerprint density at radius 3 is 2.62 bits per heavy atom. The first-order valence-corrected chi connectivity index (χ1v) is 11.2. The van der Waals surface area contributed by atoms with Gasteiger partial charge in [0, 0.05) is 30.7 Å². The maximum atomic E-state index is 13.8. The van der Waals surface area contributed by atoms with Crippen LogP contribution in [0.15, 0.2) is 36.7 Å². The van der Waals surface area contributed by atoms with E-state index >= 15 is 0 Å². The van der Waals surface area contributed by atoms with E-state index in [0.29, 0.717) is 60.1 Å². The summed E-state index contributed by atoms with van der Waals surface area (Å²) in [7, 11) is 1.61. The number of rotatable bonds is 14. The highest BCUT2D eigenvalue weighted by Crippen LogP contribution is 2.35. The topological polar surface area (TPSA) is 82.6 Å². The summed E-state index contributed by atoms with van der Waals surface area (Å²) in [6.45, 7) is 1.31. The maximum Gasteiger partial charge on any atom is 0.163 e. The van der Waals surface area contributed by atoms with Crippen molar-refractivity contribution in [2.24, 2.45) is 0 Å². The first-order chi connectivity index (χ1) is 16.7. The number of hydrogen-bond donors (Lipinski definition) is 1. The van der Waals surface area contributed by atoms with Gasteiger partial charge >= 0.3 is 0 Å². The van der Waals surface area contributed by atoms with E-state index in [4.69, 9.17) is 20.6 Å². The average molecular weight is 466 g/mol. The minimum atomic E-state index is -0.458. The number of aldehydes is 1. The van der Waals surface area contributed by atoms with Gasteiger partial charge in [-0.15, -0.1) is 6.42 Å². The Bertz CT molecular complexity index is 1150. The number of aromatic nitrogens is 2. The summed E-state index contributed by atoms with van der Waals surface area (Å²) in [6.07, 6.45) is 12.1. The van der Waals surface area contributed by atoms with Crippen molar-refractivity contribution in [2.75, 3.05) is 32.2 Å².